The van der Waals surface area contributed by atoms with Crippen molar-refractivity contribution >= 4 is 11.8 Å². The molecule has 0 spiro atoms. The van der Waals surface area contributed by atoms with E-state index in [-0.39, 0.29) is 23.1 Å². The zero-order valence-electron chi connectivity index (χ0n) is 12.8. The molecule has 0 heterocycles. The number of nitrogens with zero attached hydrogens (tertiary/aromatic N) is 1. The van der Waals surface area contributed by atoms with Gasteiger partial charge < -0.3 is 0 Å². The van der Waals surface area contributed by atoms with Crippen molar-refractivity contribution in [3.05, 3.63) is 11.6 Å². The van der Waals surface area contributed by atoms with E-state index < -0.39 is 0 Å². The number of carbonyl (C=O) groups excluding carboxylic acids is 2. The second kappa shape index (κ2) is 6.72. The van der Waals surface area contributed by atoms with Crippen molar-refractivity contribution in [2.45, 2.75) is 54.9 Å². The minimum Gasteiger partial charge on any atom is -0.279 e. The summed E-state index contributed by atoms with van der Waals surface area (Å²) in [7, 11) is 0. The molecule has 0 aromatic heterocycles. The first-order chi connectivity index (χ1) is 8.10. The number of hydrogen-bond acceptors (Lipinski definition) is 2. The van der Waals surface area contributed by atoms with E-state index in [2.05, 4.69) is 20.8 Å². The molecule has 0 atom stereocenters. The van der Waals surface area contributed by atoms with Gasteiger partial charge in [-0.15, -0.1) is 0 Å². The van der Waals surface area contributed by atoms with Crippen molar-refractivity contribution in [3.63, 3.8) is 0 Å². The standard InChI is InChI=1S/C15H27NO2/c1-8-15(6,7)9-12(4)14(18)16(13(5)17)10-11(2)3/h9,11H,8,10H2,1-7H3/b12-9+. The third kappa shape index (κ3) is 5.48. The van der Waals surface area contributed by atoms with Gasteiger partial charge in [0.25, 0.3) is 5.91 Å². The molecule has 0 rings (SSSR count). The van der Waals surface area contributed by atoms with Gasteiger partial charge in [0.05, 0.1) is 0 Å². The van der Waals surface area contributed by atoms with Crippen molar-refractivity contribution in [1.29, 1.82) is 0 Å². The summed E-state index contributed by atoms with van der Waals surface area (Å²) in [6, 6.07) is 0. The van der Waals surface area contributed by atoms with Gasteiger partial charge in [-0.05, 0) is 24.7 Å². The molecular weight excluding hydrogens is 226 g/mol. The Hall–Kier alpha value is -1.12. The fraction of sp³-hybridized carbons (Fsp3) is 0.733. The van der Waals surface area contributed by atoms with Crippen LogP contribution in [0.1, 0.15) is 54.9 Å². The maximum absolute atomic E-state index is 12.3. The highest BCUT2D eigenvalue weighted by Gasteiger charge is 2.22. The van der Waals surface area contributed by atoms with Gasteiger partial charge >= 0.3 is 0 Å². The van der Waals surface area contributed by atoms with E-state index in [0.717, 1.165) is 6.42 Å². The van der Waals surface area contributed by atoms with Crippen molar-refractivity contribution < 1.29 is 9.59 Å². The number of rotatable bonds is 5. The van der Waals surface area contributed by atoms with Crippen molar-refractivity contribution in [3.8, 4) is 0 Å². The molecule has 0 radical (unpaired) electrons. The van der Waals surface area contributed by atoms with Crippen molar-refractivity contribution in [2.75, 3.05) is 6.54 Å². The van der Waals surface area contributed by atoms with Crippen molar-refractivity contribution in [2.24, 2.45) is 11.3 Å². The molecule has 0 unspecified atom stereocenters. The Morgan fingerprint density at radius 3 is 2.06 bits per heavy atom. The van der Waals surface area contributed by atoms with Gasteiger partial charge in [-0.3, -0.25) is 14.5 Å². The number of hydrogen-bond donors (Lipinski definition) is 0. The summed E-state index contributed by atoms with van der Waals surface area (Å²) in [5.41, 5.74) is 0.637. The topological polar surface area (TPSA) is 37.4 Å². The van der Waals surface area contributed by atoms with Crippen LogP contribution >= 0.6 is 0 Å². The number of allylic oxidation sites excluding steroid dienone is 1. The minimum atomic E-state index is -0.184. The molecule has 3 nitrogen and oxygen atoms in total. The summed E-state index contributed by atoms with van der Waals surface area (Å²) in [4.78, 5) is 25.1. The second-order valence-electron chi connectivity index (χ2n) is 6.00. The highest BCUT2D eigenvalue weighted by atomic mass is 16.2. The van der Waals surface area contributed by atoms with Gasteiger partial charge in [-0.2, -0.15) is 0 Å². The fourth-order valence-electron chi connectivity index (χ4n) is 1.68. The first-order valence-electron chi connectivity index (χ1n) is 6.62. The molecule has 104 valence electrons. The quantitative estimate of drug-likeness (QED) is 0.704. The number of imide groups is 1. The Labute approximate surface area is 111 Å². The normalized spacial score (nSPS) is 12.8. The smallest absolute Gasteiger partial charge is 0.255 e. The lowest BCUT2D eigenvalue weighted by Gasteiger charge is -2.24. The summed E-state index contributed by atoms with van der Waals surface area (Å²) in [5, 5.41) is 0. The first kappa shape index (κ1) is 16.9. The van der Waals surface area contributed by atoms with Crippen LogP contribution in [0.5, 0.6) is 0 Å². The van der Waals surface area contributed by atoms with E-state index in [1.807, 2.05) is 19.9 Å². The lowest BCUT2D eigenvalue weighted by Crippen LogP contribution is -2.38. The summed E-state index contributed by atoms with van der Waals surface area (Å²) in [5.74, 6) is -0.0710. The third-order valence-electron chi connectivity index (χ3n) is 3.03. The second-order valence-corrected chi connectivity index (χ2v) is 6.00. The molecule has 0 saturated carbocycles. The Bertz CT molecular complexity index is 340. The van der Waals surface area contributed by atoms with Crippen LogP contribution in [0.4, 0.5) is 0 Å². The maximum atomic E-state index is 12.3. The lowest BCUT2D eigenvalue weighted by molar-refractivity contribution is -0.141. The zero-order valence-corrected chi connectivity index (χ0v) is 12.8. The first-order valence-corrected chi connectivity index (χ1v) is 6.62. The fourth-order valence-corrected chi connectivity index (χ4v) is 1.68. The van der Waals surface area contributed by atoms with Crippen LogP contribution < -0.4 is 0 Å². The summed E-state index contributed by atoms with van der Waals surface area (Å²) in [6.45, 7) is 14.0. The van der Waals surface area contributed by atoms with Crippen LogP contribution in [0.15, 0.2) is 11.6 Å². The molecule has 0 bridgehead atoms. The Morgan fingerprint density at radius 2 is 1.72 bits per heavy atom. The molecule has 0 aliphatic heterocycles. The van der Waals surface area contributed by atoms with Crippen LogP contribution in [0.3, 0.4) is 0 Å². The number of carbonyl (C=O) groups is 2. The lowest BCUT2D eigenvalue weighted by atomic mass is 9.88. The zero-order chi connectivity index (χ0) is 14.5. The van der Waals surface area contributed by atoms with Gasteiger partial charge in [0.2, 0.25) is 5.91 Å². The van der Waals surface area contributed by atoms with Crippen molar-refractivity contribution in [1.82, 2.24) is 4.90 Å². The van der Waals surface area contributed by atoms with Gasteiger partial charge in [0, 0.05) is 19.0 Å². The van der Waals surface area contributed by atoms with E-state index in [0.29, 0.717) is 12.1 Å². The summed E-state index contributed by atoms with van der Waals surface area (Å²) < 4.78 is 0. The van der Waals surface area contributed by atoms with E-state index >= 15 is 0 Å². The summed E-state index contributed by atoms with van der Waals surface area (Å²) in [6.07, 6.45) is 2.92. The SMILES string of the molecule is CCC(C)(C)/C=C(\C)C(=O)N(CC(C)C)C(C)=O. The Kier molecular flexibility index (Phi) is 6.30. The van der Waals surface area contributed by atoms with E-state index in [9.17, 15) is 9.59 Å². The van der Waals surface area contributed by atoms with Gasteiger partial charge in [0.1, 0.15) is 0 Å². The highest BCUT2D eigenvalue weighted by Crippen LogP contribution is 2.24. The predicted molar refractivity (Wildman–Crippen MR) is 75.1 cm³/mol. The molecule has 0 aromatic rings. The predicted octanol–water partition coefficient (Wildman–Crippen LogP) is 3.40. The minimum absolute atomic E-state index is 0.0139. The van der Waals surface area contributed by atoms with Crippen LogP contribution in [0, 0.1) is 11.3 Å². The van der Waals surface area contributed by atoms with Gasteiger partial charge in [0.15, 0.2) is 0 Å². The molecule has 18 heavy (non-hydrogen) atoms. The van der Waals surface area contributed by atoms with Crippen LogP contribution in [-0.4, -0.2) is 23.3 Å². The largest absolute Gasteiger partial charge is 0.279 e. The van der Waals surface area contributed by atoms with E-state index in [4.69, 9.17) is 0 Å². The molecule has 3 heteroatoms. The average Bonchev–Trinajstić information content (AvgIpc) is 2.23. The van der Waals surface area contributed by atoms with E-state index in [1.54, 1.807) is 6.92 Å². The molecule has 0 aromatic carbocycles. The van der Waals surface area contributed by atoms with Gasteiger partial charge in [-0.25, -0.2) is 0 Å². The van der Waals surface area contributed by atoms with Crippen LogP contribution in [-0.2, 0) is 9.59 Å². The highest BCUT2D eigenvalue weighted by molar-refractivity contribution is 6.03. The Balaban J connectivity index is 5.04. The molecule has 0 fully saturated rings. The Morgan fingerprint density at radius 1 is 1.22 bits per heavy atom. The monoisotopic (exact) mass is 253 g/mol. The van der Waals surface area contributed by atoms with Gasteiger partial charge in [-0.1, -0.05) is 40.7 Å². The molecule has 0 aliphatic carbocycles. The van der Waals surface area contributed by atoms with Crippen LogP contribution in [0.2, 0.25) is 0 Å². The van der Waals surface area contributed by atoms with Crippen LogP contribution in [0.25, 0.3) is 0 Å². The maximum Gasteiger partial charge on any atom is 0.255 e. The number of amides is 2. The molecule has 2 amide bonds. The third-order valence-corrected chi connectivity index (χ3v) is 3.03. The summed E-state index contributed by atoms with van der Waals surface area (Å²) >= 11 is 0. The molecular formula is C15H27NO2. The average molecular weight is 253 g/mol. The molecule has 0 aliphatic rings. The molecule has 0 saturated heterocycles. The molecule has 0 N–H and O–H groups in total. The van der Waals surface area contributed by atoms with E-state index in [1.165, 1.54) is 11.8 Å².